The summed E-state index contributed by atoms with van der Waals surface area (Å²) in [5.74, 6) is -0.438. The molecule has 16 atom stereocenters. The molecule has 0 aromatic rings. The third kappa shape index (κ3) is 5.16. The van der Waals surface area contributed by atoms with Gasteiger partial charge in [-0.3, -0.25) is 4.79 Å². The summed E-state index contributed by atoms with van der Waals surface area (Å²) in [6, 6.07) is 0. The number of hydrogen-bond donors (Lipinski definition) is 6. The van der Waals surface area contributed by atoms with Crippen LogP contribution in [-0.2, 0) is 19.1 Å². The van der Waals surface area contributed by atoms with Crippen molar-refractivity contribution in [1.29, 1.82) is 0 Å². The van der Waals surface area contributed by atoms with Crippen LogP contribution in [0.1, 0.15) is 98.8 Å². The van der Waals surface area contributed by atoms with Crippen molar-refractivity contribution >= 4 is 11.9 Å². The minimum absolute atomic E-state index is 0.0207. The predicted octanol–water partition coefficient (Wildman–Crippen LogP) is 3.42. The van der Waals surface area contributed by atoms with E-state index in [1.165, 1.54) is 0 Å². The van der Waals surface area contributed by atoms with Crippen molar-refractivity contribution in [2.45, 2.75) is 142 Å². The minimum Gasteiger partial charge on any atom is -0.481 e. The summed E-state index contributed by atoms with van der Waals surface area (Å²) in [5.41, 5.74) is -0.254. The molecule has 3 unspecified atom stereocenters. The number of aliphatic carboxylic acids is 2. The van der Waals surface area contributed by atoms with Crippen molar-refractivity contribution in [3.8, 4) is 0 Å². The quantitative estimate of drug-likeness (QED) is 0.224. The summed E-state index contributed by atoms with van der Waals surface area (Å²) in [4.78, 5) is 22.9. The van der Waals surface area contributed by atoms with Gasteiger partial charge in [0.05, 0.1) is 12.2 Å². The molecule has 0 aromatic carbocycles. The molecular weight excluding hydrogens is 556 g/mol. The highest BCUT2D eigenvalue weighted by Gasteiger charge is 2.69. The normalized spacial score (nSPS) is 52.0. The zero-order valence-electron chi connectivity index (χ0n) is 26.4. The Morgan fingerprint density at radius 1 is 0.884 bits per heavy atom. The van der Waals surface area contributed by atoms with Gasteiger partial charge in [-0.05, 0) is 103 Å². The molecule has 246 valence electrons. The molecule has 6 N–H and O–H groups in total. The maximum absolute atomic E-state index is 12.2. The molecule has 1 aliphatic heterocycles. The first-order valence-electron chi connectivity index (χ1n) is 16.6. The number of fused-ring (bicyclic) bond motifs is 5. The van der Waals surface area contributed by atoms with Crippen LogP contribution in [0.3, 0.4) is 0 Å². The number of rotatable bonds is 8. The summed E-state index contributed by atoms with van der Waals surface area (Å²) in [6.07, 6.45) is -0.872. The maximum Gasteiger partial charge on any atom is 0.335 e. The molecule has 1 saturated heterocycles. The second-order valence-corrected chi connectivity index (χ2v) is 15.5. The van der Waals surface area contributed by atoms with Gasteiger partial charge in [0, 0.05) is 6.42 Å². The molecule has 0 amide bonds. The van der Waals surface area contributed by atoms with E-state index < -0.39 is 48.7 Å². The Balaban J connectivity index is 1.37. The second-order valence-electron chi connectivity index (χ2n) is 15.5. The van der Waals surface area contributed by atoms with Crippen molar-refractivity contribution in [3.63, 3.8) is 0 Å². The van der Waals surface area contributed by atoms with Crippen molar-refractivity contribution in [2.75, 3.05) is 0 Å². The van der Waals surface area contributed by atoms with E-state index in [-0.39, 0.29) is 40.6 Å². The topological polar surface area (TPSA) is 174 Å². The largest absolute Gasteiger partial charge is 0.481 e. The lowest BCUT2D eigenvalue weighted by Crippen LogP contribution is -2.67. The van der Waals surface area contributed by atoms with Crippen LogP contribution >= 0.6 is 0 Å². The average molecular weight is 611 g/mol. The Bertz CT molecular complexity index is 1050. The van der Waals surface area contributed by atoms with Gasteiger partial charge in [0.25, 0.3) is 0 Å². The number of hydrogen-bond acceptors (Lipinski definition) is 8. The van der Waals surface area contributed by atoms with Gasteiger partial charge < -0.3 is 40.1 Å². The van der Waals surface area contributed by atoms with Crippen LogP contribution in [0.15, 0.2) is 0 Å². The van der Waals surface area contributed by atoms with Crippen LogP contribution in [0, 0.1) is 51.8 Å². The Labute approximate surface area is 255 Å². The van der Waals surface area contributed by atoms with Gasteiger partial charge >= 0.3 is 11.9 Å². The summed E-state index contributed by atoms with van der Waals surface area (Å²) >= 11 is 0. The molecule has 43 heavy (non-hydrogen) atoms. The highest BCUT2D eigenvalue weighted by atomic mass is 16.7. The molecule has 10 nitrogen and oxygen atoms in total. The molecule has 0 bridgehead atoms. The van der Waals surface area contributed by atoms with Gasteiger partial charge in [0.2, 0.25) is 0 Å². The number of carboxylic acids is 2. The Morgan fingerprint density at radius 2 is 1.58 bits per heavy atom. The molecule has 4 saturated carbocycles. The van der Waals surface area contributed by atoms with Crippen LogP contribution in [0.25, 0.3) is 0 Å². The fourth-order valence-corrected chi connectivity index (χ4v) is 11.5. The standard InChI is InChI=1S/C33H54O10/c1-6-18-24(36)23-20-9-8-19(16(2)7-10-22(34)35)31(20,3)13-12-21(23)32(4)14-11-17(15-33(18,32)5)42-30-27(39)25(37)26(38)28(43-30)29(40)41/h16-21,23-28,30,36-39H,6-15H2,1-5H3,(H,34,35)(H,40,41)/t16-,17-,18+,19-,20?,21?,23?,24-,25+,26+,27-,28+,30-,31-,32-,33+/m1/s1. The molecule has 5 aliphatic rings. The Hall–Kier alpha value is -1.30. The lowest BCUT2D eigenvalue weighted by molar-refractivity contribution is -0.318. The van der Waals surface area contributed by atoms with E-state index in [0.29, 0.717) is 42.9 Å². The van der Waals surface area contributed by atoms with E-state index in [1.807, 2.05) is 0 Å². The van der Waals surface area contributed by atoms with Crippen molar-refractivity contribution in [2.24, 2.45) is 51.8 Å². The van der Waals surface area contributed by atoms with E-state index in [4.69, 9.17) is 9.47 Å². The predicted molar refractivity (Wildman–Crippen MR) is 156 cm³/mol. The molecule has 4 aliphatic carbocycles. The van der Waals surface area contributed by atoms with E-state index >= 15 is 0 Å². The molecule has 1 heterocycles. The second kappa shape index (κ2) is 11.8. The van der Waals surface area contributed by atoms with Crippen molar-refractivity contribution < 1.29 is 49.7 Å². The SMILES string of the molecule is CC[C@H]1[C@@H](O)C2C3CC[C@H]([C@H](C)CCC(=O)O)[C@@]3(C)CCC2[C@@]2(C)CC[C@@H](O[C@@H]3O[C@H](C(=O)O)[C@@H](O)[C@H](O)[C@H]3O)C[C@@]12C. The summed E-state index contributed by atoms with van der Waals surface area (Å²) in [5, 5.41) is 62.0. The van der Waals surface area contributed by atoms with Crippen LogP contribution in [0.2, 0.25) is 0 Å². The number of aliphatic hydroxyl groups is 4. The monoisotopic (exact) mass is 610 g/mol. The molecule has 0 spiro atoms. The molecule has 10 heteroatoms. The van der Waals surface area contributed by atoms with Gasteiger partial charge in [-0.1, -0.05) is 41.0 Å². The fourth-order valence-electron chi connectivity index (χ4n) is 11.5. The first kappa shape index (κ1) is 33.1. The third-order valence-corrected chi connectivity index (χ3v) is 13.9. The Morgan fingerprint density at radius 3 is 2.21 bits per heavy atom. The summed E-state index contributed by atoms with van der Waals surface area (Å²) in [6.45, 7) is 11.4. The van der Waals surface area contributed by atoms with Crippen LogP contribution in [-0.4, -0.2) is 85.5 Å². The molecule has 5 fully saturated rings. The fraction of sp³-hybridized carbons (Fsp3) is 0.939. The van der Waals surface area contributed by atoms with E-state index in [1.54, 1.807) is 0 Å². The highest BCUT2D eigenvalue weighted by Crippen LogP contribution is 2.73. The zero-order chi connectivity index (χ0) is 31.6. The third-order valence-electron chi connectivity index (χ3n) is 13.9. The lowest BCUT2D eigenvalue weighted by Gasteiger charge is -2.69. The first-order chi connectivity index (χ1) is 20.1. The van der Waals surface area contributed by atoms with Gasteiger partial charge in [-0.25, -0.2) is 4.79 Å². The van der Waals surface area contributed by atoms with Gasteiger partial charge in [-0.2, -0.15) is 0 Å². The van der Waals surface area contributed by atoms with E-state index in [9.17, 15) is 40.2 Å². The van der Waals surface area contributed by atoms with Crippen molar-refractivity contribution in [1.82, 2.24) is 0 Å². The molecule has 0 radical (unpaired) electrons. The van der Waals surface area contributed by atoms with Gasteiger partial charge in [0.1, 0.15) is 18.3 Å². The molecular formula is C33H54O10. The Kier molecular flexibility index (Phi) is 9.08. The number of carbonyl (C=O) groups is 2. The minimum atomic E-state index is -1.76. The number of aliphatic hydroxyl groups excluding tert-OH is 4. The summed E-state index contributed by atoms with van der Waals surface area (Å²) in [7, 11) is 0. The highest BCUT2D eigenvalue weighted by molar-refractivity contribution is 5.73. The molecule has 0 aromatic heterocycles. The maximum atomic E-state index is 12.2. The van der Waals surface area contributed by atoms with E-state index in [2.05, 4.69) is 34.6 Å². The smallest absolute Gasteiger partial charge is 0.335 e. The van der Waals surface area contributed by atoms with E-state index in [0.717, 1.165) is 38.5 Å². The number of ether oxygens (including phenoxy) is 2. The van der Waals surface area contributed by atoms with Crippen molar-refractivity contribution in [3.05, 3.63) is 0 Å². The van der Waals surface area contributed by atoms with Crippen LogP contribution in [0.5, 0.6) is 0 Å². The van der Waals surface area contributed by atoms with Crippen LogP contribution in [0.4, 0.5) is 0 Å². The summed E-state index contributed by atoms with van der Waals surface area (Å²) < 4.78 is 11.7. The zero-order valence-corrected chi connectivity index (χ0v) is 26.4. The number of carboxylic acid groups (broad SMARTS) is 2. The van der Waals surface area contributed by atoms with Gasteiger partial charge in [0.15, 0.2) is 12.4 Å². The van der Waals surface area contributed by atoms with Gasteiger partial charge in [-0.15, -0.1) is 0 Å². The first-order valence-corrected chi connectivity index (χ1v) is 16.6. The van der Waals surface area contributed by atoms with Crippen LogP contribution < -0.4 is 0 Å². The lowest BCUT2D eigenvalue weighted by atomic mass is 9.36. The average Bonchev–Trinajstić information content (AvgIpc) is 3.30. The molecule has 5 rings (SSSR count).